The quantitative estimate of drug-likeness (QED) is 0.675. The molecule has 0 saturated heterocycles. The van der Waals surface area contributed by atoms with Gasteiger partial charge in [-0.2, -0.15) is 0 Å². The summed E-state index contributed by atoms with van der Waals surface area (Å²) in [6, 6.07) is 0.592. The number of amides is 1. The van der Waals surface area contributed by atoms with E-state index in [1.54, 1.807) is 4.90 Å². The third-order valence-corrected chi connectivity index (χ3v) is 2.42. The number of hydrogen-bond donors (Lipinski definition) is 1. The predicted octanol–water partition coefficient (Wildman–Crippen LogP) is 0.622. The Hall–Kier alpha value is -0.610. The third-order valence-electron chi connectivity index (χ3n) is 2.42. The molecule has 4 nitrogen and oxygen atoms in total. The van der Waals surface area contributed by atoms with E-state index in [-0.39, 0.29) is 12.0 Å². The normalized spacial score (nSPS) is 15.7. The predicted molar refractivity (Wildman–Crippen MR) is 59.7 cm³/mol. The molecule has 0 bridgehead atoms. The summed E-state index contributed by atoms with van der Waals surface area (Å²) in [5, 5.41) is 3.20. The Morgan fingerprint density at radius 3 is 2.73 bits per heavy atom. The highest BCUT2D eigenvalue weighted by Gasteiger charge is 2.21. The van der Waals surface area contributed by atoms with Gasteiger partial charge in [0.25, 0.3) is 0 Å². The maximum Gasteiger partial charge on any atom is 0.236 e. The van der Waals surface area contributed by atoms with Crippen molar-refractivity contribution >= 4 is 5.91 Å². The summed E-state index contributed by atoms with van der Waals surface area (Å²) in [7, 11) is 1.82. The standard InChI is InChI=1S/C11H22N2O2/c1-9(2)15-7-6-13(3)11(14)8-12-10-4-5-10/h9-10,12H,4-8H2,1-3H3. The fourth-order valence-corrected chi connectivity index (χ4v) is 1.20. The summed E-state index contributed by atoms with van der Waals surface area (Å²) in [6.45, 7) is 5.74. The first-order valence-electron chi connectivity index (χ1n) is 5.68. The van der Waals surface area contributed by atoms with Crippen molar-refractivity contribution < 1.29 is 9.53 Å². The average molecular weight is 214 g/mol. The summed E-state index contributed by atoms with van der Waals surface area (Å²) in [4.78, 5) is 13.3. The molecule has 0 radical (unpaired) electrons. The molecule has 1 fully saturated rings. The van der Waals surface area contributed by atoms with Crippen LogP contribution in [-0.4, -0.2) is 49.7 Å². The first-order chi connectivity index (χ1) is 7.09. The van der Waals surface area contributed by atoms with Gasteiger partial charge in [-0.3, -0.25) is 4.79 Å². The van der Waals surface area contributed by atoms with E-state index in [0.29, 0.717) is 25.7 Å². The van der Waals surface area contributed by atoms with Gasteiger partial charge in [0.2, 0.25) is 5.91 Å². The zero-order valence-corrected chi connectivity index (χ0v) is 9.95. The molecule has 0 unspecified atom stereocenters. The van der Waals surface area contributed by atoms with Crippen molar-refractivity contribution in [1.82, 2.24) is 10.2 Å². The second kappa shape index (κ2) is 6.08. The monoisotopic (exact) mass is 214 g/mol. The van der Waals surface area contributed by atoms with Gasteiger partial charge in [-0.05, 0) is 26.7 Å². The summed E-state index contributed by atoms with van der Waals surface area (Å²) in [5.41, 5.74) is 0. The molecule has 1 aliphatic carbocycles. The average Bonchev–Trinajstić information content (AvgIpc) is 2.96. The number of ether oxygens (including phenoxy) is 1. The second-order valence-corrected chi connectivity index (χ2v) is 4.39. The fourth-order valence-electron chi connectivity index (χ4n) is 1.20. The van der Waals surface area contributed by atoms with Crippen molar-refractivity contribution in [2.75, 3.05) is 26.7 Å². The van der Waals surface area contributed by atoms with Gasteiger partial charge in [-0.15, -0.1) is 0 Å². The number of hydrogen-bond acceptors (Lipinski definition) is 3. The topological polar surface area (TPSA) is 41.6 Å². The van der Waals surface area contributed by atoms with Crippen LogP contribution in [0.2, 0.25) is 0 Å². The first-order valence-corrected chi connectivity index (χ1v) is 5.68. The Kier molecular flexibility index (Phi) is 5.05. The second-order valence-electron chi connectivity index (χ2n) is 4.39. The highest BCUT2D eigenvalue weighted by atomic mass is 16.5. The smallest absolute Gasteiger partial charge is 0.236 e. The Balaban J connectivity index is 2.03. The lowest BCUT2D eigenvalue weighted by molar-refractivity contribution is -0.129. The van der Waals surface area contributed by atoms with Gasteiger partial charge in [-0.25, -0.2) is 0 Å². The lowest BCUT2D eigenvalue weighted by Gasteiger charge is -2.18. The molecule has 88 valence electrons. The summed E-state index contributed by atoms with van der Waals surface area (Å²) < 4.78 is 5.39. The molecular formula is C11H22N2O2. The minimum absolute atomic E-state index is 0.147. The molecule has 15 heavy (non-hydrogen) atoms. The molecule has 1 amide bonds. The van der Waals surface area contributed by atoms with E-state index in [1.807, 2.05) is 20.9 Å². The highest BCUT2D eigenvalue weighted by molar-refractivity contribution is 5.78. The van der Waals surface area contributed by atoms with Crippen LogP contribution in [0.15, 0.2) is 0 Å². The molecule has 1 saturated carbocycles. The highest BCUT2D eigenvalue weighted by Crippen LogP contribution is 2.17. The van der Waals surface area contributed by atoms with E-state index in [2.05, 4.69) is 5.32 Å². The molecular weight excluding hydrogens is 192 g/mol. The molecule has 0 aromatic rings. The Morgan fingerprint density at radius 2 is 2.20 bits per heavy atom. The molecule has 0 heterocycles. The summed E-state index contributed by atoms with van der Waals surface area (Å²) in [5.74, 6) is 0.147. The van der Waals surface area contributed by atoms with Crippen molar-refractivity contribution in [3.05, 3.63) is 0 Å². The van der Waals surface area contributed by atoms with Gasteiger partial charge in [0, 0.05) is 19.6 Å². The molecule has 0 spiro atoms. The molecule has 1 aliphatic rings. The van der Waals surface area contributed by atoms with Crippen molar-refractivity contribution in [2.24, 2.45) is 0 Å². The van der Waals surface area contributed by atoms with Gasteiger partial charge in [-0.1, -0.05) is 0 Å². The van der Waals surface area contributed by atoms with Gasteiger partial charge >= 0.3 is 0 Å². The Morgan fingerprint density at radius 1 is 1.53 bits per heavy atom. The number of likely N-dealkylation sites (N-methyl/N-ethyl adjacent to an activating group) is 1. The molecule has 1 rings (SSSR count). The van der Waals surface area contributed by atoms with E-state index < -0.39 is 0 Å². The molecule has 0 atom stereocenters. The third kappa shape index (κ3) is 5.74. The minimum atomic E-state index is 0.147. The molecule has 4 heteroatoms. The lowest BCUT2D eigenvalue weighted by Crippen LogP contribution is -2.38. The van der Waals surface area contributed by atoms with Crippen LogP contribution in [0.5, 0.6) is 0 Å². The maximum atomic E-state index is 11.6. The van der Waals surface area contributed by atoms with Crippen LogP contribution >= 0.6 is 0 Å². The first kappa shape index (κ1) is 12.5. The van der Waals surface area contributed by atoms with Gasteiger partial charge < -0.3 is 15.0 Å². The lowest BCUT2D eigenvalue weighted by atomic mass is 10.4. The van der Waals surface area contributed by atoms with Crippen molar-refractivity contribution in [3.8, 4) is 0 Å². The number of carbonyl (C=O) groups excluding carboxylic acids is 1. The van der Waals surface area contributed by atoms with E-state index in [0.717, 1.165) is 0 Å². The van der Waals surface area contributed by atoms with E-state index in [1.165, 1.54) is 12.8 Å². The van der Waals surface area contributed by atoms with Crippen LogP contribution in [0.3, 0.4) is 0 Å². The van der Waals surface area contributed by atoms with Crippen LogP contribution in [0.25, 0.3) is 0 Å². The van der Waals surface area contributed by atoms with E-state index in [4.69, 9.17) is 4.74 Å². The number of carbonyl (C=O) groups is 1. The van der Waals surface area contributed by atoms with E-state index >= 15 is 0 Å². The summed E-state index contributed by atoms with van der Waals surface area (Å²) >= 11 is 0. The fraction of sp³-hybridized carbons (Fsp3) is 0.909. The number of nitrogens with zero attached hydrogens (tertiary/aromatic N) is 1. The maximum absolute atomic E-state index is 11.6. The number of nitrogens with one attached hydrogen (secondary N) is 1. The molecule has 0 aromatic carbocycles. The Labute approximate surface area is 92.0 Å². The van der Waals surface area contributed by atoms with Crippen LogP contribution in [0, 0.1) is 0 Å². The molecule has 0 aliphatic heterocycles. The zero-order valence-electron chi connectivity index (χ0n) is 9.95. The molecule has 1 N–H and O–H groups in total. The zero-order chi connectivity index (χ0) is 11.3. The van der Waals surface area contributed by atoms with Gasteiger partial charge in [0.05, 0.1) is 19.3 Å². The largest absolute Gasteiger partial charge is 0.377 e. The van der Waals surface area contributed by atoms with Crippen molar-refractivity contribution in [2.45, 2.75) is 38.8 Å². The Bertz CT molecular complexity index is 203. The van der Waals surface area contributed by atoms with Crippen molar-refractivity contribution in [1.29, 1.82) is 0 Å². The summed E-state index contributed by atoms with van der Waals surface area (Å²) in [6.07, 6.45) is 2.67. The van der Waals surface area contributed by atoms with Gasteiger partial charge in [0.15, 0.2) is 0 Å². The van der Waals surface area contributed by atoms with Crippen LogP contribution in [-0.2, 0) is 9.53 Å². The SMILES string of the molecule is CC(C)OCCN(C)C(=O)CNC1CC1. The van der Waals surface area contributed by atoms with Crippen molar-refractivity contribution in [3.63, 3.8) is 0 Å². The van der Waals surface area contributed by atoms with Gasteiger partial charge in [0.1, 0.15) is 0 Å². The number of rotatable bonds is 7. The minimum Gasteiger partial charge on any atom is -0.377 e. The van der Waals surface area contributed by atoms with Crippen LogP contribution in [0.4, 0.5) is 0 Å². The molecule has 0 aromatic heterocycles. The van der Waals surface area contributed by atoms with Crippen LogP contribution < -0.4 is 5.32 Å². The van der Waals surface area contributed by atoms with E-state index in [9.17, 15) is 4.79 Å². The van der Waals surface area contributed by atoms with Crippen LogP contribution in [0.1, 0.15) is 26.7 Å².